The lowest BCUT2D eigenvalue weighted by Crippen LogP contribution is -2.36. The molecule has 5 rings (SSSR count). The first-order valence-electron chi connectivity index (χ1n) is 8.50. The molecule has 2 fully saturated rings. The van der Waals surface area contributed by atoms with Gasteiger partial charge < -0.3 is 4.90 Å². The van der Waals surface area contributed by atoms with Gasteiger partial charge in [0.1, 0.15) is 0 Å². The number of benzene rings is 1. The van der Waals surface area contributed by atoms with Crippen molar-refractivity contribution < 1.29 is 0 Å². The Morgan fingerprint density at radius 3 is 2.91 bits per heavy atom. The van der Waals surface area contributed by atoms with Gasteiger partial charge in [0.2, 0.25) is 0 Å². The smallest absolute Gasteiger partial charge is 0.0716 e. The van der Waals surface area contributed by atoms with Crippen LogP contribution in [0.5, 0.6) is 0 Å². The maximum Gasteiger partial charge on any atom is 0.0716 e. The molecule has 0 radical (unpaired) electrons. The minimum absolute atomic E-state index is 0.375. The van der Waals surface area contributed by atoms with Gasteiger partial charge in [-0.3, -0.25) is 4.98 Å². The van der Waals surface area contributed by atoms with Crippen molar-refractivity contribution in [3.8, 4) is 11.3 Å². The van der Waals surface area contributed by atoms with E-state index in [0.717, 1.165) is 5.69 Å². The van der Waals surface area contributed by atoms with E-state index in [0.29, 0.717) is 5.41 Å². The quantitative estimate of drug-likeness (QED) is 0.680. The summed E-state index contributed by atoms with van der Waals surface area (Å²) in [4.78, 5) is 7.46. The monoisotopic (exact) mass is 320 g/mol. The summed E-state index contributed by atoms with van der Waals surface area (Å²) in [5.74, 6) is 0. The lowest BCUT2D eigenvalue weighted by atomic mass is 9.75. The van der Waals surface area contributed by atoms with Crippen LogP contribution in [0.25, 0.3) is 21.3 Å². The molecule has 116 valence electrons. The van der Waals surface area contributed by atoms with Gasteiger partial charge in [0, 0.05) is 39.2 Å². The van der Waals surface area contributed by atoms with E-state index in [1.54, 1.807) is 11.3 Å². The van der Waals surface area contributed by atoms with Crippen molar-refractivity contribution >= 4 is 21.4 Å². The van der Waals surface area contributed by atoms with Crippen LogP contribution in [0.4, 0.5) is 0 Å². The summed E-state index contributed by atoms with van der Waals surface area (Å²) in [7, 11) is 0. The maximum absolute atomic E-state index is 4.85. The molecule has 3 aromatic rings. The Hall–Kier alpha value is -1.71. The second-order valence-corrected chi connectivity index (χ2v) is 7.90. The molecule has 2 unspecified atom stereocenters. The number of nitrogens with zero attached hydrogens (tertiary/aromatic N) is 2. The van der Waals surface area contributed by atoms with Gasteiger partial charge in [0.15, 0.2) is 0 Å². The van der Waals surface area contributed by atoms with Crippen molar-refractivity contribution in [2.24, 2.45) is 0 Å². The van der Waals surface area contributed by atoms with E-state index in [-0.39, 0.29) is 0 Å². The molecule has 0 spiro atoms. The highest BCUT2D eigenvalue weighted by Crippen LogP contribution is 2.42. The summed E-state index contributed by atoms with van der Waals surface area (Å²) in [6.07, 6.45) is 6.11. The van der Waals surface area contributed by atoms with Gasteiger partial charge in [0.25, 0.3) is 0 Å². The summed E-state index contributed by atoms with van der Waals surface area (Å²) < 4.78 is 1.34. The number of fused-ring (bicyclic) bond motifs is 3. The fourth-order valence-corrected chi connectivity index (χ4v) is 5.37. The standard InChI is InChI=1S/C20H20N2S/c1-2-5-19-16(4-1)17(13-23-19)18-7-6-15(12-21-18)20-8-3-10-22(14-20)11-9-20/h1-2,4-7,12-13H,3,8-11,14H2. The van der Waals surface area contributed by atoms with Crippen LogP contribution in [-0.2, 0) is 5.41 Å². The van der Waals surface area contributed by atoms with E-state index in [1.807, 2.05) is 0 Å². The van der Waals surface area contributed by atoms with Gasteiger partial charge >= 0.3 is 0 Å². The fraction of sp³-hybridized carbons (Fsp3) is 0.350. The molecular weight excluding hydrogens is 300 g/mol. The molecule has 0 N–H and O–H groups in total. The van der Waals surface area contributed by atoms with Gasteiger partial charge in [-0.15, -0.1) is 11.3 Å². The summed E-state index contributed by atoms with van der Waals surface area (Å²) in [6, 6.07) is 13.2. The topological polar surface area (TPSA) is 16.1 Å². The summed E-state index contributed by atoms with van der Waals surface area (Å²) in [6.45, 7) is 3.78. The molecule has 0 aliphatic carbocycles. The molecule has 2 saturated heterocycles. The van der Waals surface area contributed by atoms with E-state index in [4.69, 9.17) is 4.98 Å². The number of aromatic nitrogens is 1. The van der Waals surface area contributed by atoms with Crippen molar-refractivity contribution in [3.05, 3.63) is 53.5 Å². The maximum atomic E-state index is 4.85. The zero-order chi connectivity index (χ0) is 15.3. The number of pyridine rings is 1. The van der Waals surface area contributed by atoms with Crippen molar-refractivity contribution in [1.29, 1.82) is 0 Å². The number of hydrogen-bond acceptors (Lipinski definition) is 3. The summed E-state index contributed by atoms with van der Waals surface area (Å²) in [5.41, 5.74) is 4.20. The first kappa shape index (κ1) is 13.7. The van der Waals surface area contributed by atoms with Gasteiger partial charge in [-0.05, 0) is 50.0 Å². The molecule has 23 heavy (non-hydrogen) atoms. The van der Waals surface area contributed by atoms with E-state index in [2.05, 4.69) is 52.9 Å². The SMILES string of the molecule is c1ccc2c(-c3ccc(C45CCCN(CC4)C5)cn3)csc2c1. The molecule has 2 aromatic heterocycles. The van der Waals surface area contributed by atoms with Gasteiger partial charge in [-0.2, -0.15) is 0 Å². The lowest BCUT2D eigenvalue weighted by molar-refractivity contribution is 0.243. The molecule has 4 heterocycles. The molecule has 2 aliphatic rings. The number of hydrogen-bond donors (Lipinski definition) is 0. The zero-order valence-electron chi connectivity index (χ0n) is 13.2. The van der Waals surface area contributed by atoms with Crippen molar-refractivity contribution in [2.45, 2.75) is 24.7 Å². The predicted octanol–water partition coefficient (Wildman–Crippen LogP) is 4.70. The minimum atomic E-state index is 0.375. The van der Waals surface area contributed by atoms with Crippen LogP contribution in [0.1, 0.15) is 24.8 Å². The Morgan fingerprint density at radius 1 is 1.04 bits per heavy atom. The highest BCUT2D eigenvalue weighted by molar-refractivity contribution is 7.17. The van der Waals surface area contributed by atoms with E-state index in [1.165, 1.54) is 60.1 Å². The van der Waals surface area contributed by atoms with E-state index in [9.17, 15) is 0 Å². The third kappa shape index (κ3) is 2.14. The van der Waals surface area contributed by atoms with Crippen LogP contribution >= 0.6 is 11.3 Å². The molecule has 2 bridgehead atoms. The van der Waals surface area contributed by atoms with Crippen LogP contribution in [0.2, 0.25) is 0 Å². The fourth-order valence-electron chi connectivity index (χ4n) is 4.42. The average Bonchev–Trinajstić information content (AvgIpc) is 3.17. The summed E-state index contributed by atoms with van der Waals surface area (Å²) in [5, 5.41) is 3.56. The highest BCUT2D eigenvalue weighted by Gasteiger charge is 2.42. The Kier molecular flexibility index (Phi) is 3.07. The predicted molar refractivity (Wildman–Crippen MR) is 97.0 cm³/mol. The van der Waals surface area contributed by atoms with Crippen LogP contribution in [0.3, 0.4) is 0 Å². The van der Waals surface area contributed by atoms with Crippen molar-refractivity contribution in [2.75, 3.05) is 19.6 Å². The largest absolute Gasteiger partial charge is 0.302 e. The molecule has 2 aliphatic heterocycles. The third-order valence-electron chi connectivity index (χ3n) is 5.70. The second-order valence-electron chi connectivity index (χ2n) is 6.99. The molecule has 3 heteroatoms. The molecule has 2 atom stereocenters. The molecular formula is C20H20N2S. The zero-order valence-corrected chi connectivity index (χ0v) is 14.0. The minimum Gasteiger partial charge on any atom is -0.302 e. The summed E-state index contributed by atoms with van der Waals surface area (Å²) >= 11 is 1.80. The second kappa shape index (κ2) is 5.15. The lowest BCUT2D eigenvalue weighted by Gasteiger charge is -2.34. The van der Waals surface area contributed by atoms with Crippen molar-refractivity contribution in [3.63, 3.8) is 0 Å². The Bertz CT molecular complexity index is 847. The first-order valence-corrected chi connectivity index (χ1v) is 9.38. The Labute approximate surface area is 140 Å². The normalized spacial score (nSPS) is 26.7. The van der Waals surface area contributed by atoms with Crippen LogP contribution in [0, 0.1) is 0 Å². The number of thiophene rings is 1. The van der Waals surface area contributed by atoms with Crippen LogP contribution in [-0.4, -0.2) is 29.5 Å². The van der Waals surface area contributed by atoms with Crippen LogP contribution < -0.4 is 0 Å². The molecule has 1 aromatic carbocycles. The molecule has 0 amide bonds. The molecule has 2 nitrogen and oxygen atoms in total. The van der Waals surface area contributed by atoms with Crippen LogP contribution in [0.15, 0.2) is 48.0 Å². The number of rotatable bonds is 2. The average molecular weight is 320 g/mol. The van der Waals surface area contributed by atoms with E-state index >= 15 is 0 Å². The molecule has 0 saturated carbocycles. The Morgan fingerprint density at radius 2 is 2.00 bits per heavy atom. The van der Waals surface area contributed by atoms with Gasteiger partial charge in [-0.25, -0.2) is 0 Å². The van der Waals surface area contributed by atoms with Gasteiger partial charge in [-0.1, -0.05) is 24.3 Å². The third-order valence-corrected chi connectivity index (χ3v) is 6.66. The Balaban J connectivity index is 1.52. The van der Waals surface area contributed by atoms with E-state index < -0.39 is 0 Å². The number of piperidine rings is 1. The first-order chi connectivity index (χ1) is 11.3. The highest BCUT2D eigenvalue weighted by atomic mass is 32.1. The van der Waals surface area contributed by atoms with Gasteiger partial charge in [0.05, 0.1) is 5.69 Å². The van der Waals surface area contributed by atoms with Crippen molar-refractivity contribution in [1.82, 2.24) is 9.88 Å².